The molecule has 0 spiro atoms. The summed E-state index contributed by atoms with van der Waals surface area (Å²) < 4.78 is 4.93. The summed E-state index contributed by atoms with van der Waals surface area (Å²) in [5.41, 5.74) is 0.820. The lowest BCUT2D eigenvalue weighted by Gasteiger charge is -2.17. The van der Waals surface area contributed by atoms with Crippen LogP contribution in [0.2, 0.25) is 0 Å². The minimum absolute atomic E-state index is 0.0896. The van der Waals surface area contributed by atoms with E-state index in [9.17, 15) is 4.79 Å². The average Bonchev–Trinajstić information content (AvgIpc) is 2.30. The second-order valence-corrected chi connectivity index (χ2v) is 2.65. The maximum Gasteiger partial charge on any atom is 0.244 e. The van der Waals surface area contributed by atoms with E-state index in [4.69, 9.17) is 4.74 Å². The molecule has 0 radical (unpaired) electrons. The number of carbonyl (C=O) groups excluding carboxylic acids is 1. The molecule has 15 heavy (non-hydrogen) atoms. The van der Waals surface area contributed by atoms with Crippen LogP contribution in [0.1, 0.15) is 13.8 Å². The minimum Gasteiger partial charge on any atom is -0.481 e. The molecule has 1 aromatic heterocycles. The second kappa shape index (κ2) is 5.19. The van der Waals surface area contributed by atoms with Gasteiger partial charge in [0.2, 0.25) is 11.8 Å². The summed E-state index contributed by atoms with van der Waals surface area (Å²) in [7, 11) is 1.53. The van der Waals surface area contributed by atoms with Gasteiger partial charge < -0.3 is 15.4 Å². The zero-order valence-electron chi connectivity index (χ0n) is 9.13. The summed E-state index contributed by atoms with van der Waals surface area (Å²) in [5.74, 6) is 0.923. The van der Waals surface area contributed by atoms with E-state index in [2.05, 4.69) is 15.6 Å². The third kappa shape index (κ3) is 2.59. The van der Waals surface area contributed by atoms with E-state index in [-0.39, 0.29) is 5.91 Å². The number of nitrogens with zero attached hydrogens (tertiary/aromatic N) is 1. The van der Waals surface area contributed by atoms with Crippen LogP contribution < -0.4 is 15.4 Å². The number of ether oxygens (including phenoxy) is 1. The minimum atomic E-state index is -0.0896. The van der Waals surface area contributed by atoms with E-state index in [0.717, 1.165) is 5.69 Å². The van der Waals surface area contributed by atoms with Crippen molar-refractivity contribution in [2.45, 2.75) is 13.8 Å². The molecular weight excluding hydrogens is 194 g/mol. The van der Waals surface area contributed by atoms with E-state index in [1.807, 2.05) is 19.9 Å². The van der Waals surface area contributed by atoms with Crippen LogP contribution >= 0.6 is 0 Å². The first-order chi connectivity index (χ1) is 7.29. The number of pyridine rings is 1. The molecule has 1 aliphatic heterocycles. The fraction of sp³-hybridized carbons (Fsp3) is 0.400. The molecule has 0 aromatic carbocycles. The van der Waals surface area contributed by atoms with E-state index in [1.54, 1.807) is 6.07 Å². The summed E-state index contributed by atoms with van der Waals surface area (Å²) in [6.07, 6.45) is 0. The molecule has 1 aliphatic rings. The van der Waals surface area contributed by atoms with Gasteiger partial charge in [0.05, 0.1) is 19.3 Å². The quantitative estimate of drug-likeness (QED) is 0.735. The molecule has 0 saturated heterocycles. The lowest BCUT2D eigenvalue weighted by molar-refractivity contribution is -0.114. The summed E-state index contributed by atoms with van der Waals surface area (Å²) in [5, 5.41) is 5.58. The highest BCUT2D eigenvalue weighted by molar-refractivity contribution is 5.99. The molecule has 1 amide bonds. The first-order valence-electron chi connectivity index (χ1n) is 4.88. The Bertz CT molecular complexity index is 353. The van der Waals surface area contributed by atoms with Crippen LogP contribution in [0.5, 0.6) is 5.88 Å². The van der Waals surface area contributed by atoms with Crippen molar-refractivity contribution < 1.29 is 9.53 Å². The maximum absolute atomic E-state index is 11.0. The normalized spacial score (nSPS) is 12.6. The first kappa shape index (κ1) is 11.3. The molecule has 82 valence electrons. The van der Waals surface area contributed by atoms with Gasteiger partial charge >= 0.3 is 0 Å². The van der Waals surface area contributed by atoms with Crippen LogP contribution in [0.4, 0.5) is 11.5 Å². The number of aromatic nitrogens is 1. The predicted octanol–water partition coefficient (Wildman–Crippen LogP) is 1.48. The molecule has 0 atom stereocenters. The number of methoxy groups -OCH3 is 1. The number of carbonyl (C=O) groups is 1. The van der Waals surface area contributed by atoms with E-state index in [1.165, 1.54) is 7.11 Å². The third-order valence-corrected chi connectivity index (χ3v) is 1.78. The molecule has 1 aromatic rings. The predicted molar refractivity (Wildman–Crippen MR) is 59.3 cm³/mol. The maximum atomic E-state index is 11.0. The van der Waals surface area contributed by atoms with Crippen LogP contribution in [0.3, 0.4) is 0 Å². The number of amides is 1. The standard InChI is InChI=1S/C8H9N3O2.C2H6/c1-13-7-3-2-5-8(11-7)10-6(12)4-9-5;1-2/h2-3,9H,4H2,1H3,(H,10,11,12);1-2H3. The van der Waals surface area contributed by atoms with Crippen molar-refractivity contribution in [3.8, 4) is 5.88 Å². The number of nitrogens with one attached hydrogen (secondary N) is 2. The van der Waals surface area contributed by atoms with Crippen molar-refractivity contribution in [2.75, 3.05) is 24.3 Å². The molecule has 0 bridgehead atoms. The van der Waals surface area contributed by atoms with Crippen LogP contribution in [-0.4, -0.2) is 24.5 Å². The molecule has 2 rings (SSSR count). The first-order valence-corrected chi connectivity index (χ1v) is 4.88. The van der Waals surface area contributed by atoms with E-state index < -0.39 is 0 Å². The Balaban J connectivity index is 0.000000531. The fourth-order valence-corrected chi connectivity index (χ4v) is 1.14. The molecule has 5 nitrogen and oxygen atoms in total. The average molecular weight is 209 g/mol. The Labute approximate surface area is 88.9 Å². The SMILES string of the molecule is CC.COc1ccc2c(n1)NC(=O)CN2. The number of hydrogen-bond acceptors (Lipinski definition) is 4. The van der Waals surface area contributed by atoms with Crippen molar-refractivity contribution in [3.63, 3.8) is 0 Å². The molecule has 2 N–H and O–H groups in total. The van der Waals surface area contributed by atoms with Crippen LogP contribution in [0.25, 0.3) is 0 Å². The highest BCUT2D eigenvalue weighted by atomic mass is 16.5. The van der Waals surface area contributed by atoms with Gasteiger partial charge in [-0.05, 0) is 6.07 Å². The Kier molecular flexibility index (Phi) is 3.91. The van der Waals surface area contributed by atoms with Gasteiger partial charge in [-0.25, -0.2) is 0 Å². The fourth-order valence-electron chi connectivity index (χ4n) is 1.14. The lowest BCUT2D eigenvalue weighted by atomic mass is 10.3. The molecule has 0 fully saturated rings. The third-order valence-electron chi connectivity index (χ3n) is 1.78. The van der Waals surface area contributed by atoms with Gasteiger partial charge in [-0.15, -0.1) is 0 Å². The Hall–Kier alpha value is -1.78. The summed E-state index contributed by atoms with van der Waals surface area (Å²) in [4.78, 5) is 15.0. The Morgan fingerprint density at radius 2 is 2.13 bits per heavy atom. The van der Waals surface area contributed by atoms with Crippen molar-refractivity contribution in [3.05, 3.63) is 12.1 Å². The smallest absolute Gasteiger partial charge is 0.244 e. The van der Waals surface area contributed by atoms with Gasteiger partial charge in [0.25, 0.3) is 0 Å². The number of hydrogen-bond donors (Lipinski definition) is 2. The van der Waals surface area contributed by atoms with Crippen molar-refractivity contribution in [1.29, 1.82) is 0 Å². The van der Waals surface area contributed by atoms with Gasteiger partial charge in [0.15, 0.2) is 5.82 Å². The molecule has 0 unspecified atom stereocenters. The van der Waals surface area contributed by atoms with Crippen molar-refractivity contribution in [1.82, 2.24) is 4.98 Å². The number of rotatable bonds is 1. The zero-order chi connectivity index (χ0) is 11.3. The van der Waals surface area contributed by atoms with Crippen LogP contribution in [0.15, 0.2) is 12.1 Å². The summed E-state index contributed by atoms with van der Waals surface area (Å²) in [6, 6.07) is 3.56. The largest absolute Gasteiger partial charge is 0.481 e. The van der Waals surface area contributed by atoms with Gasteiger partial charge in [0, 0.05) is 6.07 Å². The summed E-state index contributed by atoms with van der Waals surface area (Å²) >= 11 is 0. The monoisotopic (exact) mass is 209 g/mol. The molecule has 2 heterocycles. The molecule has 0 aliphatic carbocycles. The highest BCUT2D eigenvalue weighted by Gasteiger charge is 2.15. The van der Waals surface area contributed by atoms with Crippen molar-refractivity contribution in [2.24, 2.45) is 0 Å². The van der Waals surface area contributed by atoms with Gasteiger partial charge in [-0.1, -0.05) is 13.8 Å². The molecule has 0 saturated carbocycles. The van der Waals surface area contributed by atoms with Crippen LogP contribution in [0, 0.1) is 0 Å². The summed E-state index contributed by atoms with van der Waals surface area (Å²) in [6.45, 7) is 4.29. The van der Waals surface area contributed by atoms with E-state index >= 15 is 0 Å². The van der Waals surface area contributed by atoms with Gasteiger partial charge in [0.1, 0.15) is 0 Å². The number of anilines is 2. The topological polar surface area (TPSA) is 63.2 Å². The van der Waals surface area contributed by atoms with E-state index in [0.29, 0.717) is 18.2 Å². The molecular formula is C10H15N3O2. The Morgan fingerprint density at radius 3 is 2.80 bits per heavy atom. The Morgan fingerprint density at radius 1 is 1.40 bits per heavy atom. The van der Waals surface area contributed by atoms with Crippen molar-refractivity contribution >= 4 is 17.4 Å². The second-order valence-electron chi connectivity index (χ2n) is 2.65. The zero-order valence-corrected chi connectivity index (χ0v) is 9.13. The number of fused-ring (bicyclic) bond motifs is 1. The highest BCUT2D eigenvalue weighted by Crippen LogP contribution is 2.24. The van der Waals surface area contributed by atoms with Gasteiger partial charge in [-0.2, -0.15) is 4.98 Å². The van der Waals surface area contributed by atoms with Crippen LogP contribution in [-0.2, 0) is 4.79 Å². The molecule has 5 heteroatoms. The van der Waals surface area contributed by atoms with Gasteiger partial charge in [-0.3, -0.25) is 4.79 Å². The lowest BCUT2D eigenvalue weighted by Crippen LogP contribution is -2.28.